The second kappa shape index (κ2) is 5.28. The zero-order valence-electron chi connectivity index (χ0n) is 9.35. The van der Waals surface area contributed by atoms with E-state index in [1.54, 1.807) is 18.2 Å². The average Bonchev–Trinajstić information content (AvgIpc) is 2.63. The first kappa shape index (κ1) is 14.0. The highest BCUT2D eigenvalue weighted by Gasteiger charge is 2.42. The molecule has 1 aromatic rings. The van der Waals surface area contributed by atoms with Gasteiger partial charge in [-0.15, -0.1) is 0 Å². The van der Waals surface area contributed by atoms with Crippen LogP contribution in [0.25, 0.3) is 0 Å². The van der Waals surface area contributed by atoms with Gasteiger partial charge in [-0.2, -0.15) is 0 Å². The Morgan fingerprint density at radius 3 is 2.78 bits per heavy atom. The van der Waals surface area contributed by atoms with Gasteiger partial charge in [0, 0.05) is 22.3 Å². The largest absolute Gasteiger partial charge is 0.325 e. The van der Waals surface area contributed by atoms with E-state index < -0.39 is 11.8 Å². The minimum Gasteiger partial charge on any atom is -0.325 e. The normalized spacial score (nSPS) is 21.9. The Bertz CT molecular complexity index is 481. The Morgan fingerprint density at radius 2 is 2.22 bits per heavy atom. The number of rotatable bonds is 2. The minimum atomic E-state index is -2.71. The fraction of sp³-hybridized carbons (Fsp3) is 0.417. The molecule has 1 amide bonds. The molecule has 1 N–H and O–H groups in total. The Morgan fingerprint density at radius 1 is 1.50 bits per heavy atom. The van der Waals surface area contributed by atoms with Crippen LogP contribution < -0.4 is 5.32 Å². The zero-order valence-corrected chi connectivity index (χ0v) is 12.3. The van der Waals surface area contributed by atoms with Gasteiger partial charge in [0.25, 0.3) is 0 Å². The second-order valence-electron chi connectivity index (χ2n) is 4.41. The molecule has 98 valence electrons. The molecule has 1 unspecified atom stereocenters. The van der Waals surface area contributed by atoms with E-state index in [9.17, 15) is 13.6 Å². The number of hydrogen-bond acceptors (Lipinski definition) is 1. The van der Waals surface area contributed by atoms with Crippen molar-refractivity contribution >= 4 is 45.8 Å². The maximum atomic E-state index is 13.0. The highest BCUT2D eigenvalue weighted by Crippen LogP contribution is 2.39. The summed E-state index contributed by atoms with van der Waals surface area (Å²) < 4.78 is 27.0. The molecule has 0 aliphatic heterocycles. The quantitative estimate of drug-likeness (QED) is 0.755. The van der Waals surface area contributed by atoms with Gasteiger partial charge < -0.3 is 5.32 Å². The fourth-order valence-electron chi connectivity index (χ4n) is 2.00. The van der Waals surface area contributed by atoms with Crippen molar-refractivity contribution in [3.8, 4) is 0 Å². The molecule has 18 heavy (non-hydrogen) atoms. The Labute approximate surface area is 122 Å². The first-order valence-electron chi connectivity index (χ1n) is 5.51. The summed E-state index contributed by atoms with van der Waals surface area (Å²) >= 11 is 8.07. The number of anilines is 1. The summed E-state index contributed by atoms with van der Waals surface area (Å²) in [5.41, 5.74) is 0.470. The molecule has 0 aromatic heterocycles. The van der Waals surface area contributed by atoms with Crippen LogP contribution in [0.1, 0.15) is 19.3 Å². The zero-order chi connectivity index (χ0) is 13.3. The third-order valence-corrected chi connectivity index (χ3v) is 3.95. The van der Waals surface area contributed by atoms with Crippen molar-refractivity contribution in [3.63, 3.8) is 0 Å². The third-order valence-electron chi connectivity index (χ3n) is 2.96. The maximum absolute atomic E-state index is 13.0. The van der Waals surface area contributed by atoms with E-state index in [-0.39, 0.29) is 25.2 Å². The fourth-order valence-corrected chi connectivity index (χ4v) is 2.90. The van der Waals surface area contributed by atoms with Crippen molar-refractivity contribution in [2.75, 3.05) is 5.32 Å². The molecule has 1 atom stereocenters. The molecule has 0 radical (unpaired) electrons. The standard InChI is InChI=1S/C12H11ClF2INO/c13-9-5-8(16)1-2-10(9)17-11(18)7-3-4-12(14,15)6-7/h1-2,5,7H,3-4,6H2,(H,17,18). The van der Waals surface area contributed by atoms with Gasteiger partial charge in [0.1, 0.15) is 0 Å². The van der Waals surface area contributed by atoms with Crippen LogP contribution in [-0.4, -0.2) is 11.8 Å². The minimum absolute atomic E-state index is 0.217. The van der Waals surface area contributed by atoms with Crippen LogP contribution in [0.15, 0.2) is 18.2 Å². The lowest BCUT2D eigenvalue weighted by atomic mass is 10.1. The summed E-state index contributed by atoms with van der Waals surface area (Å²) in [6, 6.07) is 5.18. The van der Waals surface area contributed by atoms with Gasteiger partial charge in [0.2, 0.25) is 11.8 Å². The van der Waals surface area contributed by atoms with E-state index >= 15 is 0 Å². The van der Waals surface area contributed by atoms with Crippen LogP contribution in [0.4, 0.5) is 14.5 Å². The average molecular weight is 386 g/mol. The smallest absolute Gasteiger partial charge is 0.248 e. The van der Waals surface area contributed by atoms with E-state index in [1.807, 2.05) is 0 Å². The molecule has 1 saturated carbocycles. The van der Waals surface area contributed by atoms with Crippen LogP contribution in [0.3, 0.4) is 0 Å². The first-order chi connectivity index (χ1) is 8.37. The van der Waals surface area contributed by atoms with Gasteiger partial charge in [-0.05, 0) is 47.2 Å². The van der Waals surface area contributed by atoms with Crippen LogP contribution in [-0.2, 0) is 4.79 Å². The molecular weight excluding hydrogens is 374 g/mol. The van der Waals surface area contributed by atoms with Crippen LogP contribution in [0, 0.1) is 9.49 Å². The third kappa shape index (κ3) is 3.32. The number of carbonyl (C=O) groups excluding carboxylic acids is 1. The molecule has 0 spiro atoms. The number of nitrogens with one attached hydrogen (secondary N) is 1. The number of carbonyl (C=O) groups is 1. The van der Waals surface area contributed by atoms with Gasteiger partial charge in [-0.25, -0.2) is 8.78 Å². The summed E-state index contributed by atoms with van der Waals surface area (Å²) in [7, 11) is 0. The van der Waals surface area contributed by atoms with Crippen molar-refractivity contribution in [3.05, 3.63) is 26.8 Å². The number of benzene rings is 1. The van der Waals surface area contributed by atoms with E-state index in [1.165, 1.54) is 0 Å². The van der Waals surface area contributed by atoms with Gasteiger partial charge in [0.05, 0.1) is 10.7 Å². The molecule has 1 aromatic carbocycles. The molecule has 0 heterocycles. The van der Waals surface area contributed by atoms with Crippen molar-refractivity contribution in [2.24, 2.45) is 5.92 Å². The summed E-state index contributed by atoms with van der Waals surface area (Å²) in [4.78, 5) is 11.8. The Kier molecular flexibility index (Phi) is 4.11. The number of amides is 1. The lowest BCUT2D eigenvalue weighted by Crippen LogP contribution is -2.22. The van der Waals surface area contributed by atoms with Gasteiger partial charge in [0.15, 0.2) is 0 Å². The number of alkyl halides is 2. The highest BCUT2D eigenvalue weighted by molar-refractivity contribution is 14.1. The summed E-state index contributed by atoms with van der Waals surface area (Å²) in [5.74, 6) is -3.72. The molecule has 0 saturated heterocycles. The molecule has 1 fully saturated rings. The first-order valence-corrected chi connectivity index (χ1v) is 6.97. The van der Waals surface area contributed by atoms with Crippen molar-refractivity contribution in [2.45, 2.75) is 25.2 Å². The maximum Gasteiger partial charge on any atom is 0.248 e. The lowest BCUT2D eigenvalue weighted by Gasteiger charge is -2.12. The molecule has 2 rings (SSSR count). The van der Waals surface area contributed by atoms with Crippen molar-refractivity contribution in [1.29, 1.82) is 0 Å². The predicted molar refractivity (Wildman–Crippen MR) is 75.1 cm³/mol. The highest BCUT2D eigenvalue weighted by atomic mass is 127. The molecule has 2 nitrogen and oxygen atoms in total. The number of hydrogen-bond donors (Lipinski definition) is 1. The second-order valence-corrected chi connectivity index (χ2v) is 6.06. The summed E-state index contributed by atoms with van der Waals surface area (Å²) in [5, 5.41) is 3.03. The van der Waals surface area contributed by atoms with Gasteiger partial charge >= 0.3 is 0 Å². The molecule has 1 aliphatic rings. The topological polar surface area (TPSA) is 29.1 Å². The van der Waals surface area contributed by atoms with E-state index in [4.69, 9.17) is 11.6 Å². The van der Waals surface area contributed by atoms with Crippen LogP contribution in [0.2, 0.25) is 5.02 Å². The Hall–Kier alpha value is -0.430. The molecule has 0 bridgehead atoms. The van der Waals surface area contributed by atoms with E-state index in [0.29, 0.717) is 10.7 Å². The van der Waals surface area contributed by atoms with Crippen LogP contribution in [0.5, 0.6) is 0 Å². The van der Waals surface area contributed by atoms with Crippen molar-refractivity contribution in [1.82, 2.24) is 0 Å². The predicted octanol–water partition coefficient (Wildman–Crippen LogP) is 4.32. The lowest BCUT2D eigenvalue weighted by molar-refractivity contribution is -0.120. The van der Waals surface area contributed by atoms with E-state index in [0.717, 1.165) is 3.57 Å². The van der Waals surface area contributed by atoms with Crippen molar-refractivity contribution < 1.29 is 13.6 Å². The summed E-state index contributed by atoms with van der Waals surface area (Å²) in [6.45, 7) is 0. The van der Waals surface area contributed by atoms with E-state index in [2.05, 4.69) is 27.9 Å². The van der Waals surface area contributed by atoms with Crippen LogP contribution >= 0.6 is 34.2 Å². The SMILES string of the molecule is O=C(Nc1ccc(I)cc1Cl)C1CCC(F)(F)C1. The Balaban J connectivity index is 2.04. The molecule has 6 heteroatoms. The van der Waals surface area contributed by atoms with Gasteiger partial charge in [-0.1, -0.05) is 11.6 Å². The number of halogens is 4. The summed E-state index contributed by atoms with van der Waals surface area (Å²) in [6.07, 6.45) is -0.368. The molecule has 1 aliphatic carbocycles. The molecular formula is C12H11ClF2INO. The monoisotopic (exact) mass is 385 g/mol. The van der Waals surface area contributed by atoms with Gasteiger partial charge in [-0.3, -0.25) is 4.79 Å².